The van der Waals surface area contributed by atoms with E-state index in [0.717, 1.165) is 29.5 Å². The van der Waals surface area contributed by atoms with Crippen molar-refractivity contribution in [3.63, 3.8) is 0 Å². The topological polar surface area (TPSA) is 41.9 Å². The van der Waals surface area contributed by atoms with E-state index in [4.69, 9.17) is 0 Å². The van der Waals surface area contributed by atoms with Crippen LogP contribution in [0.25, 0.3) is 11.4 Å². The van der Waals surface area contributed by atoms with Crippen molar-refractivity contribution in [1.82, 2.24) is 19.9 Å². The predicted molar refractivity (Wildman–Crippen MR) is 78.9 cm³/mol. The van der Waals surface area contributed by atoms with Gasteiger partial charge in [0.1, 0.15) is 0 Å². The van der Waals surface area contributed by atoms with Gasteiger partial charge in [-0.25, -0.2) is 9.97 Å². The monoisotopic (exact) mass is 268 g/mol. The molecule has 0 spiro atoms. The normalized spacial score (nSPS) is 19.9. The third-order valence-corrected chi connectivity index (χ3v) is 3.78. The number of hydrogen-bond acceptors (Lipinski definition) is 4. The molecule has 2 aromatic heterocycles. The Hall–Kier alpha value is -1.81. The van der Waals surface area contributed by atoms with E-state index < -0.39 is 0 Å². The van der Waals surface area contributed by atoms with Crippen molar-refractivity contribution in [2.24, 2.45) is 5.92 Å². The fourth-order valence-corrected chi connectivity index (χ4v) is 2.78. The fourth-order valence-electron chi connectivity index (χ4n) is 2.78. The molecule has 0 aromatic carbocycles. The van der Waals surface area contributed by atoms with Crippen LogP contribution in [0.5, 0.6) is 0 Å². The maximum absolute atomic E-state index is 4.68. The number of pyridine rings is 1. The summed E-state index contributed by atoms with van der Waals surface area (Å²) >= 11 is 0. The number of piperidine rings is 1. The highest BCUT2D eigenvalue weighted by Crippen LogP contribution is 2.18. The van der Waals surface area contributed by atoms with Gasteiger partial charge in [-0.15, -0.1) is 0 Å². The third-order valence-electron chi connectivity index (χ3n) is 3.78. The van der Waals surface area contributed by atoms with Gasteiger partial charge in [-0.1, -0.05) is 6.92 Å². The standard InChI is InChI=1S/C16H20N4/c1-13-3-2-10-20(11-13)12-15-6-9-18-16(19-15)14-4-7-17-8-5-14/h4-9,13H,2-3,10-12H2,1H3/t13-/m1/s1. The number of rotatable bonds is 3. The highest BCUT2D eigenvalue weighted by molar-refractivity contribution is 5.53. The minimum atomic E-state index is 0.787. The van der Waals surface area contributed by atoms with Crippen molar-refractivity contribution in [3.8, 4) is 11.4 Å². The first-order valence-corrected chi connectivity index (χ1v) is 7.26. The van der Waals surface area contributed by atoms with Crippen molar-refractivity contribution in [3.05, 3.63) is 42.5 Å². The Morgan fingerprint density at radius 2 is 2.05 bits per heavy atom. The van der Waals surface area contributed by atoms with Gasteiger partial charge in [0.15, 0.2) is 5.82 Å². The highest BCUT2D eigenvalue weighted by Gasteiger charge is 2.16. The lowest BCUT2D eigenvalue weighted by Crippen LogP contribution is -2.34. The van der Waals surface area contributed by atoms with Gasteiger partial charge in [0.2, 0.25) is 0 Å². The Morgan fingerprint density at radius 1 is 1.20 bits per heavy atom. The largest absolute Gasteiger partial charge is 0.297 e. The molecular formula is C16H20N4. The molecule has 20 heavy (non-hydrogen) atoms. The fraction of sp³-hybridized carbons (Fsp3) is 0.438. The van der Waals surface area contributed by atoms with Gasteiger partial charge in [-0.2, -0.15) is 0 Å². The second-order valence-electron chi connectivity index (χ2n) is 5.59. The molecule has 3 rings (SSSR count). The molecule has 0 radical (unpaired) electrons. The lowest BCUT2D eigenvalue weighted by atomic mass is 10.0. The van der Waals surface area contributed by atoms with Gasteiger partial charge in [-0.3, -0.25) is 9.88 Å². The van der Waals surface area contributed by atoms with E-state index in [1.807, 2.05) is 24.4 Å². The maximum atomic E-state index is 4.68. The predicted octanol–water partition coefficient (Wildman–Crippen LogP) is 2.77. The summed E-state index contributed by atoms with van der Waals surface area (Å²) in [5, 5.41) is 0. The molecule has 1 atom stereocenters. The van der Waals surface area contributed by atoms with Crippen LogP contribution >= 0.6 is 0 Å². The van der Waals surface area contributed by atoms with Crippen molar-refractivity contribution in [2.45, 2.75) is 26.3 Å². The van der Waals surface area contributed by atoms with Crippen molar-refractivity contribution >= 4 is 0 Å². The Labute approximate surface area is 119 Å². The van der Waals surface area contributed by atoms with Crippen LogP contribution in [0.2, 0.25) is 0 Å². The molecular weight excluding hydrogens is 248 g/mol. The summed E-state index contributed by atoms with van der Waals surface area (Å²) < 4.78 is 0. The van der Waals surface area contributed by atoms with Gasteiger partial charge >= 0.3 is 0 Å². The Bertz CT molecular complexity index is 555. The molecule has 0 N–H and O–H groups in total. The zero-order valence-electron chi connectivity index (χ0n) is 11.9. The molecule has 1 aliphatic heterocycles. The van der Waals surface area contributed by atoms with Crippen LogP contribution in [-0.4, -0.2) is 32.9 Å². The van der Waals surface area contributed by atoms with Crippen LogP contribution in [0, 0.1) is 5.92 Å². The molecule has 0 aliphatic carbocycles. The highest BCUT2D eigenvalue weighted by atomic mass is 15.1. The minimum Gasteiger partial charge on any atom is -0.297 e. The molecule has 2 aromatic rings. The second kappa shape index (κ2) is 6.09. The molecule has 0 bridgehead atoms. The Kier molecular flexibility index (Phi) is 4.02. The SMILES string of the molecule is C[C@@H]1CCCN(Cc2ccnc(-c3ccncc3)n2)C1. The van der Waals surface area contributed by atoms with E-state index in [2.05, 4.69) is 26.8 Å². The summed E-state index contributed by atoms with van der Waals surface area (Å²) in [4.78, 5) is 15.6. The van der Waals surface area contributed by atoms with Crippen LogP contribution in [0.3, 0.4) is 0 Å². The zero-order chi connectivity index (χ0) is 13.8. The third kappa shape index (κ3) is 3.20. The molecule has 104 valence electrons. The van der Waals surface area contributed by atoms with Crippen LogP contribution in [-0.2, 0) is 6.54 Å². The lowest BCUT2D eigenvalue weighted by Gasteiger charge is -2.30. The van der Waals surface area contributed by atoms with Gasteiger partial charge in [0.05, 0.1) is 5.69 Å². The smallest absolute Gasteiger partial charge is 0.159 e. The van der Waals surface area contributed by atoms with E-state index in [1.54, 1.807) is 12.4 Å². The van der Waals surface area contributed by atoms with Gasteiger partial charge in [-0.05, 0) is 43.5 Å². The molecule has 4 nitrogen and oxygen atoms in total. The first kappa shape index (κ1) is 13.2. The summed E-state index contributed by atoms with van der Waals surface area (Å²) in [7, 11) is 0. The molecule has 1 fully saturated rings. The molecule has 3 heterocycles. The maximum Gasteiger partial charge on any atom is 0.159 e. The molecule has 0 unspecified atom stereocenters. The average Bonchev–Trinajstić information content (AvgIpc) is 2.48. The summed E-state index contributed by atoms with van der Waals surface area (Å²) in [6.45, 7) is 5.60. The van der Waals surface area contributed by atoms with Crippen molar-refractivity contribution in [1.29, 1.82) is 0 Å². The molecule has 1 saturated heterocycles. The van der Waals surface area contributed by atoms with Crippen LogP contribution in [0.15, 0.2) is 36.8 Å². The average molecular weight is 268 g/mol. The van der Waals surface area contributed by atoms with Gasteiger partial charge in [0.25, 0.3) is 0 Å². The minimum absolute atomic E-state index is 0.787. The molecule has 0 saturated carbocycles. The summed E-state index contributed by atoms with van der Waals surface area (Å²) in [5.74, 6) is 1.58. The van der Waals surface area contributed by atoms with E-state index in [9.17, 15) is 0 Å². The lowest BCUT2D eigenvalue weighted by molar-refractivity contribution is 0.175. The summed E-state index contributed by atoms with van der Waals surface area (Å²) in [5.41, 5.74) is 2.12. The summed E-state index contributed by atoms with van der Waals surface area (Å²) in [6.07, 6.45) is 8.05. The van der Waals surface area contributed by atoms with Gasteiger partial charge in [0, 0.05) is 37.2 Å². The van der Waals surface area contributed by atoms with E-state index in [-0.39, 0.29) is 0 Å². The molecule has 4 heteroatoms. The molecule has 0 amide bonds. The van der Waals surface area contributed by atoms with Crippen molar-refractivity contribution < 1.29 is 0 Å². The number of hydrogen-bond donors (Lipinski definition) is 0. The number of aromatic nitrogens is 3. The Balaban J connectivity index is 1.74. The first-order valence-electron chi connectivity index (χ1n) is 7.26. The number of nitrogens with zero attached hydrogens (tertiary/aromatic N) is 4. The Morgan fingerprint density at radius 3 is 2.85 bits per heavy atom. The van der Waals surface area contributed by atoms with Gasteiger partial charge < -0.3 is 0 Å². The van der Waals surface area contributed by atoms with Crippen LogP contribution in [0.1, 0.15) is 25.5 Å². The number of likely N-dealkylation sites (tertiary alicyclic amines) is 1. The van der Waals surface area contributed by atoms with E-state index in [0.29, 0.717) is 0 Å². The zero-order valence-corrected chi connectivity index (χ0v) is 11.9. The quantitative estimate of drug-likeness (QED) is 0.858. The first-order chi connectivity index (χ1) is 9.81. The summed E-state index contributed by atoms with van der Waals surface area (Å²) in [6, 6.07) is 5.91. The second-order valence-corrected chi connectivity index (χ2v) is 5.59. The van der Waals surface area contributed by atoms with Crippen LogP contribution < -0.4 is 0 Å². The van der Waals surface area contributed by atoms with Crippen LogP contribution in [0.4, 0.5) is 0 Å². The van der Waals surface area contributed by atoms with Crippen molar-refractivity contribution in [2.75, 3.05) is 13.1 Å². The van der Waals surface area contributed by atoms with E-state index >= 15 is 0 Å². The van der Waals surface area contributed by atoms with E-state index in [1.165, 1.54) is 25.9 Å². The molecule has 1 aliphatic rings.